The van der Waals surface area contributed by atoms with Crippen molar-refractivity contribution in [2.24, 2.45) is 0 Å². The molecular formula is C27H30N2O6. The molecule has 0 aliphatic carbocycles. The van der Waals surface area contributed by atoms with E-state index in [1.807, 2.05) is 31.2 Å². The zero-order valence-corrected chi connectivity index (χ0v) is 19.9. The summed E-state index contributed by atoms with van der Waals surface area (Å²) >= 11 is 0. The molecule has 1 unspecified atom stereocenters. The van der Waals surface area contributed by atoms with Gasteiger partial charge in [-0.2, -0.15) is 0 Å². The Bertz CT molecular complexity index is 1140. The summed E-state index contributed by atoms with van der Waals surface area (Å²) in [6.45, 7) is 7.24. The second-order valence-corrected chi connectivity index (χ2v) is 9.07. The third-order valence-corrected chi connectivity index (χ3v) is 6.73. The molecule has 1 N–H and O–H groups in total. The van der Waals surface area contributed by atoms with Gasteiger partial charge in [-0.3, -0.25) is 14.5 Å². The fourth-order valence-corrected chi connectivity index (χ4v) is 4.84. The first kappa shape index (κ1) is 23.4. The Morgan fingerprint density at radius 3 is 2.40 bits per heavy atom. The molecule has 35 heavy (non-hydrogen) atoms. The molecule has 5 rings (SSSR count). The monoisotopic (exact) mass is 478 g/mol. The van der Waals surface area contributed by atoms with Crippen LogP contribution in [0.5, 0.6) is 11.5 Å². The molecule has 8 nitrogen and oxygen atoms in total. The Hall–Kier alpha value is -3.36. The number of amides is 1. The standard InChI is InChI=1S/C27H30N2O6/c1-18-3-5-19(6-4-18)24-23(25(30)20-7-8-21-22(17-20)35-16-15-34-21)26(31)27(32)29(24)10-2-9-28-11-13-33-14-12-28/h3-8,17,24,30H,2,9-16H2,1H3/b25-23+. The second-order valence-electron chi connectivity index (χ2n) is 9.07. The van der Waals surface area contributed by atoms with Crippen molar-refractivity contribution in [2.75, 3.05) is 52.6 Å². The molecule has 2 aromatic rings. The van der Waals surface area contributed by atoms with Crippen molar-refractivity contribution >= 4 is 17.4 Å². The molecule has 1 atom stereocenters. The van der Waals surface area contributed by atoms with Crippen molar-refractivity contribution in [2.45, 2.75) is 19.4 Å². The molecule has 184 valence electrons. The van der Waals surface area contributed by atoms with Gasteiger partial charge >= 0.3 is 0 Å². The molecule has 1 amide bonds. The maximum Gasteiger partial charge on any atom is 0.295 e. The molecule has 2 aromatic carbocycles. The lowest BCUT2D eigenvalue weighted by Crippen LogP contribution is -2.38. The smallest absolute Gasteiger partial charge is 0.295 e. The minimum Gasteiger partial charge on any atom is -0.507 e. The fourth-order valence-electron chi connectivity index (χ4n) is 4.84. The first-order valence-electron chi connectivity index (χ1n) is 12.1. The Kier molecular flexibility index (Phi) is 6.74. The largest absolute Gasteiger partial charge is 0.507 e. The van der Waals surface area contributed by atoms with E-state index in [9.17, 15) is 14.7 Å². The van der Waals surface area contributed by atoms with E-state index in [0.717, 1.165) is 37.2 Å². The molecule has 0 saturated carbocycles. The number of benzene rings is 2. The first-order chi connectivity index (χ1) is 17.0. The van der Waals surface area contributed by atoms with Crippen LogP contribution in [0.1, 0.15) is 29.2 Å². The number of carbonyl (C=O) groups excluding carboxylic acids is 2. The summed E-state index contributed by atoms with van der Waals surface area (Å²) in [4.78, 5) is 30.3. The van der Waals surface area contributed by atoms with E-state index < -0.39 is 17.7 Å². The molecule has 3 aliphatic rings. The number of carbonyl (C=O) groups is 2. The molecule has 3 heterocycles. The van der Waals surface area contributed by atoms with Crippen LogP contribution in [-0.2, 0) is 14.3 Å². The van der Waals surface area contributed by atoms with E-state index >= 15 is 0 Å². The molecule has 0 spiro atoms. The van der Waals surface area contributed by atoms with Gasteiger partial charge in [0, 0.05) is 31.7 Å². The summed E-state index contributed by atoms with van der Waals surface area (Å²) < 4.78 is 16.6. The van der Waals surface area contributed by atoms with Crippen molar-refractivity contribution in [3.8, 4) is 11.5 Å². The maximum absolute atomic E-state index is 13.2. The number of rotatable bonds is 6. The minimum atomic E-state index is -0.672. The minimum absolute atomic E-state index is 0.0990. The zero-order valence-electron chi connectivity index (χ0n) is 19.9. The number of Topliss-reactive ketones (excluding diaryl/α,β-unsaturated/α-hetero) is 1. The lowest BCUT2D eigenvalue weighted by molar-refractivity contribution is -0.140. The summed E-state index contributed by atoms with van der Waals surface area (Å²) in [5.74, 6) is -0.370. The number of hydrogen-bond donors (Lipinski definition) is 1. The van der Waals surface area contributed by atoms with Crippen LogP contribution in [0.15, 0.2) is 48.0 Å². The van der Waals surface area contributed by atoms with Crippen LogP contribution in [0, 0.1) is 6.92 Å². The summed E-state index contributed by atoms with van der Waals surface area (Å²) in [5.41, 5.74) is 2.38. The van der Waals surface area contributed by atoms with Crippen LogP contribution in [0.3, 0.4) is 0 Å². The second kappa shape index (κ2) is 10.1. The van der Waals surface area contributed by atoms with Crippen LogP contribution < -0.4 is 9.47 Å². The number of nitrogens with zero attached hydrogens (tertiary/aromatic N) is 2. The van der Waals surface area contributed by atoms with E-state index in [4.69, 9.17) is 14.2 Å². The van der Waals surface area contributed by atoms with Crippen molar-refractivity contribution in [1.82, 2.24) is 9.80 Å². The number of hydrogen-bond acceptors (Lipinski definition) is 7. The Morgan fingerprint density at radius 1 is 0.943 bits per heavy atom. The van der Waals surface area contributed by atoms with Crippen LogP contribution in [0.4, 0.5) is 0 Å². The fraction of sp³-hybridized carbons (Fsp3) is 0.407. The number of fused-ring (bicyclic) bond motifs is 1. The highest BCUT2D eigenvalue weighted by atomic mass is 16.6. The Morgan fingerprint density at radius 2 is 1.66 bits per heavy atom. The zero-order chi connectivity index (χ0) is 24.4. The summed E-state index contributed by atoms with van der Waals surface area (Å²) in [6, 6.07) is 12.1. The quantitative estimate of drug-likeness (QED) is 0.388. The van der Waals surface area contributed by atoms with Crippen LogP contribution in [0.2, 0.25) is 0 Å². The van der Waals surface area contributed by atoms with Gasteiger partial charge in [0.1, 0.15) is 19.0 Å². The predicted molar refractivity (Wildman–Crippen MR) is 129 cm³/mol. The van der Waals surface area contributed by atoms with Gasteiger partial charge < -0.3 is 24.2 Å². The third kappa shape index (κ3) is 4.76. The first-order valence-corrected chi connectivity index (χ1v) is 12.1. The molecule has 0 bridgehead atoms. The summed E-state index contributed by atoms with van der Waals surface area (Å²) in [5, 5.41) is 11.3. The molecule has 0 aromatic heterocycles. The molecule has 2 saturated heterocycles. The van der Waals surface area contributed by atoms with Crippen LogP contribution in [0.25, 0.3) is 5.76 Å². The number of aliphatic hydroxyl groups is 1. The third-order valence-electron chi connectivity index (χ3n) is 6.73. The Balaban J connectivity index is 1.48. The number of aryl methyl sites for hydroxylation is 1. The van der Waals surface area contributed by atoms with Crippen molar-refractivity contribution in [1.29, 1.82) is 0 Å². The van der Waals surface area contributed by atoms with Crippen molar-refractivity contribution < 1.29 is 28.9 Å². The van der Waals surface area contributed by atoms with Gasteiger partial charge in [0.15, 0.2) is 11.5 Å². The number of ether oxygens (including phenoxy) is 3. The van der Waals surface area contributed by atoms with Gasteiger partial charge in [0.05, 0.1) is 24.8 Å². The average molecular weight is 479 g/mol. The SMILES string of the molecule is Cc1ccc(C2/C(=C(\O)c3ccc4c(c3)OCCO4)C(=O)C(=O)N2CCCN2CCOCC2)cc1. The van der Waals surface area contributed by atoms with E-state index in [1.165, 1.54) is 0 Å². The highest BCUT2D eigenvalue weighted by molar-refractivity contribution is 6.46. The van der Waals surface area contributed by atoms with E-state index in [2.05, 4.69) is 4.90 Å². The maximum atomic E-state index is 13.2. The van der Waals surface area contributed by atoms with Crippen LogP contribution >= 0.6 is 0 Å². The van der Waals surface area contributed by atoms with Gasteiger partial charge in [-0.25, -0.2) is 0 Å². The van der Waals surface area contributed by atoms with E-state index in [0.29, 0.717) is 50.0 Å². The highest BCUT2D eigenvalue weighted by Gasteiger charge is 2.45. The molecule has 2 fully saturated rings. The lowest BCUT2D eigenvalue weighted by atomic mass is 9.94. The van der Waals surface area contributed by atoms with Gasteiger partial charge in [-0.1, -0.05) is 29.8 Å². The lowest BCUT2D eigenvalue weighted by Gasteiger charge is -2.29. The van der Waals surface area contributed by atoms with Crippen LogP contribution in [-0.4, -0.2) is 79.2 Å². The topological polar surface area (TPSA) is 88.5 Å². The van der Waals surface area contributed by atoms with Gasteiger partial charge in [-0.15, -0.1) is 0 Å². The van der Waals surface area contributed by atoms with E-state index in [1.54, 1.807) is 23.1 Å². The van der Waals surface area contributed by atoms with Crippen molar-refractivity contribution in [3.05, 3.63) is 64.7 Å². The number of aliphatic hydroxyl groups excluding tert-OH is 1. The summed E-state index contributed by atoms with van der Waals surface area (Å²) in [7, 11) is 0. The number of likely N-dealkylation sites (tertiary alicyclic amines) is 1. The molecule has 8 heteroatoms. The van der Waals surface area contributed by atoms with Crippen molar-refractivity contribution in [3.63, 3.8) is 0 Å². The number of ketones is 1. The average Bonchev–Trinajstić information content (AvgIpc) is 3.14. The van der Waals surface area contributed by atoms with Gasteiger partial charge in [0.25, 0.3) is 11.7 Å². The van der Waals surface area contributed by atoms with Gasteiger partial charge in [0.2, 0.25) is 0 Å². The predicted octanol–water partition coefficient (Wildman–Crippen LogP) is 2.91. The normalized spacial score (nSPS) is 22.0. The molecule has 0 radical (unpaired) electrons. The highest BCUT2D eigenvalue weighted by Crippen LogP contribution is 2.41. The summed E-state index contributed by atoms with van der Waals surface area (Å²) in [6.07, 6.45) is 0.722. The van der Waals surface area contributed by atoms with Gasteiger partial charge in [-0.05, 0) is 37.1 Å². The molecular weight excluding hydrogens is 448 g/mol. The Labute approximate surface area is 204 Å². The van der Waals surface area contributed by atoms with E-state index in [-0.39, 0.29) is 11.3 Å². The molecule has 3 aliphatic heterocycles. The number of morpholine rings is 1.